The molecule has 0 saturated carbocycles. The smallest absolute Gasteiger partial charge is 0.120 e. The summed E-state index contributed by atoms with van der Waals surface area (Å²) in [6.07, 6.45) is 5.38. The quantitative estimate of drug-likeness (QED) is 0.654. The monoisotopic (exact) mass is 263 g/mol. The van der Waals surface area contributed by atoms with E-state index in [2.05, 4.69) is 52.1 Å². The van der Waals surface area contributed by atoms with Gasteiger partial charge in [-0.15, -0.1) is 0 Å². The summed E-state index contributed by atoms with van der Waals surface area (Å²) >= 11 is 0. The van der Waals surface area contributed by atoms with Gasteiger partial charge in [0.15, 0.2) is 0 Å². The van der Waals surface area contributed by atoms with E-state index in [4.69, 9.17) is 4.74 Å². The number of hydrogen-bond acceptors (Lipinski definition) is 2. The summed E-state index contributed by atoms with van der Waals surface area (Å²) in [5, 5.41) is 3.59. The van der Waals surface area contributed by atoms with Crippen molar-refractivity contribution >= 4 is 5.69 Å². The molecule has 1 atom stereocenters. The van der Waals surface area contributed by atoms with E-state index < -0.39 is 0 Å². The first-order chi connectivity index (χ1) is 9.02. The van der Waals surface area contributed by atoms with Crippen molar-refractivity contribution in [2.75, 3.05) is 5.32 Å². The predicted molar refractivity (Wildman–Crippen MR) is 84.2 cm³/mol. The molecule has 1 N–H and O–H groups in total. The van der Waals surface area contributed by atoms with Gasteiger partial charge in [-0.2, -0.15) is 0 Å². The van der Waals surface area contributed by atoms with Crippen LogP contribution in [0, 0.1) is 6.92 Å². The molecular weight excluding hydrogens is 234 g/mol. The Morgan fingerprint density at radius 3 is 2.47 bits per heavy atom. The van der Waals surface area contributed by atoms with E-state index in [0.717, 1.165) is 5.75 Å². The summed E-state index contributed by atoms with van der Waals surface area (Å²) in [7, 11) is 0. The topological polar surface area (TPSA) is 21.3 Å². The SMILES string of the molecule is CCCCCC(C)Nc1ccc(OC(C)C)cc1C. The number of aryl methyl sites for hydroxylation is 1. The molecule has 1 aromatic carbocycles. The normalized spacial score (nSPS) is 12.5. The molecule has 0 radical (unpaired) electrons. The van der Waals surface area contributed by atoms with Gasteiger partial charge < -0.3 is 10.1 Å². The number of anilines is 1. The molecule has 1 aromatic rings. The van der Waals surface area contributed by atoms with Crippen LogP contribution in [0.4, 0.5) is 5.69 Å². The lowest BCUT2D eigenvalue weighted by Gasteiger charge is -2.18. The van der Waals surface area contributed by atoms with Crippen molar-refractivity contribution in [3.8, 4) is 5.75 Å². The van der Waals surface area contributed by atoms with Gasteiger partial charge in [0, 0.05) is 11.7 Å². The summed E-state index contributed by atoms with van der Waals surface area (Å²) in [4.78, 5) is 0. The first-order valence-corrected chi connectivity index (χ1v) is 7.56. The van der Waals surface area contributed by atoms with Crippen LogP contribution < -0.4 is 10.1 Å². The Hall–Kier alpha value is -1.18. The summed E-state index contributed by atoms with van der Waals surface area (Å²) in [5.74, 6) is 0.955. The molecule has 0 aliphatic carbocycles. The van der Waals surface area contributed by atoms with Crippen LogP contribution in [0.2, 0.25) is 0 Å². The van der Waals surface area contributed by atoms with Crippen LogP contribution in [0.5, 0.6) is 5.75 Å². The van der Waals surface area contributed by atoms with Crippen LogP contribution >= 0.6 is 0 Å². The number of rotatable bonds is 8. The highest BCUT2D eigenvalue weighted by molar-refractivity contribution is 5.54. The third-order valence-electron chi connectivity index (χ3n) is 3.21. The second-order valence-corrected chi connectivity index (χ2v) is 5.68. The Balaban J connectivity index is 2.54. The van der Waals surface area contributed by atoms with Crippen molar-refractivity contribution in [1.82, 2.24) is 0 Å². The maximum Gasteiger partial charge on any atom is 0.120 e. The fourth-order valence-corrected chi connectivity index (χ4v) is 2.18. The number of hydrogen-bond donors (Lipinski definition) is 1. The molecule has 1 rings (SSSR count). The lowest BCUT2D eigenvalue weighted by Crippen LogP contribution is -2.15. The van der Waals surface area contributed by atoms with Gasteiger partial charge in [0.05, 0.1) is 6.10 Å². The van der Waals surface area contributed by atoms with Crippen molar-refractivity contribution < 1.29 is 4.74 Å². The average Bonchev–Trinajstić information content (AvgIpc) is 2.32. The van der Waals surface area contributed by atoms with Gasteiger partial charge in [-0.1, -0.05) is 26.2 Å². The van der Waals surface area contributed by atoms with Gasteiger partial charge in [0.25, 0.3) is 0 Å². The Morgan fingerprint density at radius 1 is 1.16 bits per heavy atom. The van der Waals surface area contributed by atoms with E-state index in [-0.39, 0.29) is 6.10 Å². The van der Waals surface area contributed by atoms with Crippen molar-refractivity contribution in [1.29, 1.82) is 0 Å². The van der Waals surface area contributed by atoms with E-state index in [9.17, 15) is 0 Å². The molecule has 1 unspecified atom stereocenters. The van der Waals surface area contributed by atoms with Crippen LogP contribution in [0.25, 0.3) is 0 Å². The third kappa shape index (κ3) is 6.00. The van der Waals surface area contributed by atoms with Gasteiger partial charge in [-0.05, 0) is 57.9 Å². The fraction of sp³-hybridized carbons (Fsp3) is 0.647. The molecule has 0 aliphatic heterocycles. The predicted octanol–water partition coefficient (Wildman–Crippen LogP) is 5.16. The number of unbranched alkanes of at least 4 members (excludes halogenated alkanes) is 2. The molecule has 0 heterocycles. The van der Waals surface area contributed by atoms with E-state index in [1.807, 2.05) is 6.07 Å². The zero-order valence-electron chi connectivity index (χ0n) is 13.1. The van der Waals surface area contributed by atoms with Crippen LogP contribution in [0.1, 0.15) is 58.9 Å². The Kier molecular flexibility index (Phi) is 6.75. The Bertz CT molecular complexity index is 374. The molecule has 0 amide bonds. The largest absolute Gasteiger partial charge is 0.491 e. The van der Waals surface area contributed by atoms with E-state index >= 15 is 0 Å². The molecular formula is C17H29NO. The van der Waals surface area contributed by atoms with Crippen LogP contribution in [-0.4, -0.2) is 12.1 Å². The van der Waals surface area contributed by atoms with E-state index in [1.165, 1.54) is 36.9 Å². The second kappa shape index (κ2) is 8.08. The Labute approximate surface area is 118 Å². The minimum atomic E-state index is 0.228. The number of ether oxygens (including phenoxy) is 1. The molecule has 0 aliphatic rings. The second-order valence-electron chi connectivity index (χ2n) is 5.68. The van der Waals surface area contributed by atoms with Gasteiger partial charge in [-0.3, -0.25) is 0 Å². The molecule has 19 heavy (non-hydrogen) atoms. The van der Waals surface area contributed by atoms with Crippen LogP contribution in [0.3, 0.4) is 0 Å². The summed E-state index contributed by atoms with van der Waals surface area (Å²) in [6.45, 7) is 10.7. The van der Waals surface area contributed by atoms with Gasteiger partial charge in [0.2, 0.25) is 0 Å². The van der Waals surface area contributed by atoms with Crippen LogP contribution in [0.15, 0.2) is 18.2 Å². The summed E-state index contributed by atoms with van der Waals surface area (Å²) < 4.78 is 5.71. The standard InChI is InChI=1S/C17H29NO/c1-6-7-8-9-15(5)18-17-11-10-16(12-14(17)4)19-13(2)3/h10-13,15,18H,6-9H2,1-5H3. The van der Waals surface area contributed by atoms with Crippen LogP contribution in [-0.2, 0) is 0 Å². The zero-order valence-corrected chi connectivity index (χ0v) is 13.1. The molecule has 0 saturated heterocycles. The number of nitrogens with one attached hydrogen (secondary N) is 1. The molecule has 0 fully saturated rings. The van der Waals surface area contributed by atoms with E-state index in [0.29, 0.717) is 6.04 Å². The van der Waals surface area contributed by atoms with Gasteiger partial charge in [0.1, 0.15) is 5.75 Å². The third-order valence-corrected chi connectivity index (χ3v) is 3.21. The first-order valence-electron chi connectivity index (χ1n) is 7.56. The Morgan fingerprint density at radius 2 is 1.89 bits per heavy atom. The summed E-state index contributed by atoms with van der Waals surface area (Å²) in [6, 6.07) is 6.82. The molecule has 0 aromatic heterocycles. The molecule has 0 spiro atoms. The lowest BCUT2D eigenvalue weighted by molar-refractivity contribution is 0.242. The van der Waals surface area contributed by atoms with E-state index in [1.54, 1.807) is 0 Å². The number of benzene rings is 1. The highest BCUT2D eigenvalue weighted by atomic mass is 16.5. The first kappa shape index (κ1) is 15.9. The van der Waals surface area contributed by atoms with Crippen molar-refractivity contribution in [3.05, 3.63) is 23.8 Å². The minimum absolute atomic E-state index is 0.228. The maximum atomic E-state index is 5.71. The molecule has 108 valence electrons. The van der Waals surface area contributed by atoms with Crippen molar-refractivity contribution in [2.24, 2.45) is 0 Å². The van der Waals surface area contributed by atoms with Gasteiger partial charge >= 0.3 is 0 Å². The van der Waals surface area contributed by atoms with Gasteiger partial charge in [-0.25, -0.2) is 0 Å². The molecule has 0 bridgehead atoms. The highest BCUT2D eigenvalue weighted by Gasteiger charge is 2.06. The minimum Gasteiger partial charge on any atom is -0.491 e. The highest BCUT2D eigenvalue weighted by Crippen LogP contribution is 2.23. The lowest BCUT2D eigenvalue weighted by atomic mass is 10.1. The fourth-order valence-electron chi connectivity index (χ4n) is 2.18. The van der Waals surface area contributed by atoms with Crippen molar-refractivity contribution in [3.63, 3.8) is 0 Å². The molecule has 2 heteroatoms. The van der Waals surface area contributed by atoms with Crippen molar-refractivity contribution in [2.45, 2.75) is 72.4 Å². The molecule has 2 nitrogen and oxygen atoms in total. The average molecular weight is 263 g/mol. The maximum absolute atomic E-state index is 5.71. The summed E-state index contributed by atoms with van der Waals surface area (Å²) in [5.41, 5.74) is 2.47. The zero-order chi connectivity index (χ0) is 14.3.